The van der Waals surface area contributed by atoms with E-state index in [1.54, 1.807) is 0 Å². The van der Waals surface area contributed by atoms with Crippen molar-refractivity contribution in [3.63, 3.8) is 0 Å². The summed E-state index contributed by atoms with van der Waals surface area (Å²) in [5.74, 6) is 4.97. The third-order valence-electron chi connectivity index (χ3n) is 1.83. The predicted octanol–water partition coefficient (Wildman–Crippen LogP) is 0.432. The Morgan fingerprint density at radius 3 is 2.79 bits per heavy atom. The summed E-state index contributed by atoms with van der Waals surface area (Å²) in [6, 6.07) is 0. The van der Waals surface area contributed by atoms with Crippen LogP contribution in [0.2, 0.25) is 0 Å². The standard InChI is InChI=1S/C8H15N3O2S/c1-6(14-7(9)11-10)13-5-8(2)3-12-4-8/h1,3-5,10H2,2H3,(H2,9,11). The summed E-state index contributed by atoms with van der Waals surface area (Å²) >= 11 is 1.12. The first-order valence-electron chi connectivity index (χ1n) is 4.16. The number of hydrogen-bond acceptors (Lipinski definition) is 5. The Bertz CT molecular complexity index is 251. The van der Waals surface area contributed by atoms with Gasteiger partial charge in [0.05, 0.1) is 19.8 Å². The quantitative estimate of drug-likeness (QED) is 0.235. The van der Waals surface area contributed by atoms with Crippen molar-refractivity contribution in [1.82, 2.24) is 0 Å². The summed E-state index contributed by atoms with van der Waals surface area (Å²) in [5, 5.41) is 4.04. The van der Waals surface area contributed by atoms with E-state index in [1.807, 2.05) is 0 Å². The molecule has 1 heterocycles. The van der Waals surface area contributed by atoms with Gasteiger partial charge in [-0.05, 0) is 18.3 Å². The van der Waals surface area contributed by atoms with E-state index in [9.17, 15) is 0 Å². The van der Waals surface area contributed by atoms with Gasteiger partial charge in [-0.15, -0.1) is 0 Å². The van der Waals surface area contributed by atoms with Gasteiger partial charge < -0.3 is 21.1 Å². The Hall–Kier alpha value is -0.880. The Morgan fingerprint density at radius 2 is 2.36 bits per heavy atom. The summed E-state index contributed by atoms with van der Waals surface area (Å²) in [6.45, 7) is 7.81. The first-order valence-corrected chi connectivity index (χ1v) is 4.98. The number of ether oxygens (including phenoxy) is 2. The highest BCUT2D eigenvalue weighted by Crippen LogP contribution is 2.28. The molecule has 1 aliphatic heterocycles. The number of hydrogen-bond donors (Lipinski definition) is 2. The molecule has 0 unspecified atom stereocenters. The van der Waals surface area contributed by atoms with Crippen molar-refractivity contribution in [2.75, 3.05) is 19.8 Å². The molecule has 0 spiro atoms. The van der Waals surface area contributed by atoms with Gasteiger partial charge >= 0.3 is 0 Å². The normalized spacial score (nSPS) is 19.9. The Kier molecular flexibility index (Phi) is 3.65. The molecule has 0 atom stereocenters. The van der Waals surface area contributed by atoms with E-state index in [0.717, 1.165) is 25.0 Å². The van der Waals surface area contributed by atoms with Crippen LogP contribution in [0.3, 0.4) is 0 Å². The van der Waals surface area contributed by atoms with E-state index in [1.165, 1.54) is 0 Å². The van der Waals surface area contributed by atoms with Crippen molar-refractivity contribution in [3.8, 4) is 0 Å². The fourth-order valence-electron chi connectivity index (χ4n) is 0.961. The van der Waals surface area contributed by atoms with Crippen LogP contribution in [0.25, 0.3) is 0 Å². The molecule has 1 fully saturated rings. The van der Waals surface area contributed by atoms with Gasteiger partial charge in [-0.3, -0.25) is 0 Å². The largest absolute Gasteiger partial charge is 0.487 e. The van der Waals surface area contributed by atoms with E-state index >= 15 is 0 Å². The van der Waals surface area contributed by atoms with E-state index in [4.69, 9.17) is 21.1 Å². The van der Waals surface area contributed by atoms with E-state index in [0.29, 0.717) is 11.7 Å². The van der Waals surface area contributed by atoms with Crippen molar-refractivity contribution in [3.05, 3.63) is 11.7 Å². The summed E-state index contributed by atoms with van der Waals surface area (Å²) in [7, 11) is 0. The van der Waals surface area contributed by atoms with Gasteiger partial charge in [-0.1, -0.05) is 6.92 Å². The highest BCUT2D eigenvalue weighted by molar-refractivity contribution is 8.16. The van der Waals surface area contributed by atoms with Gasteiger partial charge in [-0.2, -0.15) is 5.10 Å². The molecule has 1 saturated heterocycles. The average Bonchev–Trinajstić information content (AvgIpc) is 2.11. The Morgan fingerprint density at radius 1 is 1.71 bits per heavy atom. The first-order chi connectivity index (χ1) is 6.56. The number of amidine groups is 1. The molecule has 14 heavy (non-hydrogen) atoms. The van der Waals surface area contributed by atoms with E-state index in [-0.39, 0.29) is 10.6 Å². The van der Waals surface area contributed by atoms with Gasteiger partial charge in [0, 0.05) is 5.41 Å². The van der Waals surface area contributed by atoms with Crippen LogP contribution in [0.5, 0.6) is 0 Å². The molecule has 0 saturated carbocycles. The van der Waals surface area contributed by atoms with Gasteiger partial charge in [0.15, 0.2) is 10.3 Å². The second kappa shape index (κ2) is 4.56. The van der Waals surface area contributed by atoms with Crippen molar-refractivity contribution >= 4 is 16.9 Å². The fraction of sp³-hybridized carbons (Fsp3) is 0.625. The molecular formula is C8H15N3O2S. The van der Waals surface area contributed by atoms with Crippen LogP contribution in [0.15, 0.2) is 16.8 Å². The Labute approximate surface area is 87.5 Å². The molecule has 1 rings (SSSR count). The van der Waals surface area contributed by atoms with Crippen LogP contribution in [0.4, 0.5) is 0 Å². The molecule has 5 nitrogen and oxygen atoms in total. The molecule has 0 aromatic heterocycles. The number of rotatable bonds is 4. The SMILES string of the molecule is C=C(OCC1(C)COC1)S/C(N)=N\N. The summed E-state index contributed by atoms with van der Waals surface area (Å²) in [5.41, 5.74) is 5.49. The molecule has 6 heteroatoms. The average molecular weight is 217 g/mol. The first kappa shape index (κ1) is 11.2. The number of thioether (sulfide) groups is 1. The van der Waals surface area contributed by atoms with E-state index in [2.05, 4.69) is 18.6 Å². The molecule has 0 radical (unpaired) electrons. The van der Waals surface area contributed by atoms with Crippen molar-refractivity contribution in [2.45, 2.75) is 6.92 Å². The molecule has 0 bridgehead atoms. The monoisotopic (exact) mass is 217 g/mol. The summed E-state index contributed by atoms with van der Waals surface area (Å²) in [4.78, 5) is 0. The third kappa shape index (κ3) is 3.12. The zero-order valence-corrected chi connectivity index (χ0v) is 8.97. The van der Waals surface area contributed by atoms with E-state index < -0.39 is 0 Å². The lowest BCUT2D eigenvalue weighted by molar-refractivity contribution is -0.127. The van der Waals surface area contributed by atoms with Crippen LogP contribution < -0.4 is 11.6 Å². The number of nitrogens with two attached hydrogens (primary N) is 2. The van der Waals surface area contributed by atoms with Crippen LogP contribution in [0, 0.1) is 5.41 Å². The maximum Gasteiger partial charge on any atom is 0.185 e. The second-order valence-electron chi connectivity index (χ2n) is 3.53. The third-order valence-corrected chi connectivity index (χ3v) is 2.49. The van der Waals surface area contributed by atoms with Crippen LogP contribution >= 0.6 is 11.8 Å². The highest BCUT2D eigenvalue weighted by atomic mass is 32.2. The van der Waals surface area contributed by atoms with Crippen LogP contribution in [-0.4, -0.2) is 25.0 Å². The molecule has 80 valence electrons. The van der Waals surface area contributed by atoms with Crippen molar-refractivity contribution < 1.29 is 9.47 Å². The van der Waals surface area contributed by atoms with Crippen LogP contribution in [-0.2, 0) is 9.47 Å². The molecule has 1 aliphatic rings. The maximum atomic E-state index is 5.39. The smallest absolute Gasteiger partial charge is 0.185 e. The fourth-order valence-corrected chi connectivity index (χ4v) is 1.36. The predicted molar refractivity (Wildman–Crippen MR) is 57.4 cm³/mol. The van der Waals surface area contributed by atoms with Gasteiger partial charge in [0.2, 0.25) is 0 Å². The highest BCUT2D eigenvalue weighted by Gasteiger charge is 2.34. The van der Waals surface area contributed by atoms with Gasteiger partial charge in [0.25, 0.3) is 0 Å². The number of nitrogens with zero attached hydrogens (tertiary/aromatic N) is 1. The topological polar surface area (TPSA) is 82.9 Å². The van der Waals surface area contributed by atoms with Gasteiger partial charge in [0.1, 0.15) is 0 Å². The van der Waals surface area contributed by atoms with Crippen molar-refractivity contribution in [1.29, 1.82) is 0 Å². The minimum atomic E-state index is 0.109. The lowest BCUT2D eigenvalue weighted by Gasteiger charge is -2.37. The van der Waals surface area contributed by atoms with Crippen molar-refractivity contribution in [2.24, 2.45) is 22.1 Å². The molecular weight excluding hydrogens is 202 g/mol. The minimum Gasteiger partial charge on any atom is -0.487 e. The zero-order chi connectivity index (χ0) is 10.6. The van der Waals surface area contributed by atoms with Gasteiger partial charge in [-0.25, -0.2) is 0 Å². The molecule has 0 aromatic carbocycles. The molecule has 0 amide bonds. The number of hydrazone groups is 1. The molecule has 0 aromatic rings. The molecule has 0 aliphatic carbocycles. The Balaban J connectivity index is 2.21. The summed E-state index contributed by atoms with van der Waals surface area (Å²) in [6.07, 6.45) is 0. The molecule has 4 N–H and O–H groups in total. The minimum absolute atomic E-state index is 0.109. The zero-order valence-electron chi connectivity index (χ0n) is 8.16. The lowest BCUT2D eigenvalue weighted by Crippen LogP contribution is -2.43. The summed E-state index contributed by atoms with van der Waals surface area (Å²) < 4.78 is 10.5. The maximum absolute atomic E-state index is 5.39. The second-order valence-corrected chi connectivity index (χ2v) is 4.61. The lowest BCUT2D eigenvalue weighted by atomic mass is 9.90. The van der Waals surface area contributed by atoms with Crippen LogP contribution in [0.1, 0.15) is 6.92 Å².